The van der Waals surface area contributed by atoms with Crippen LogP contribution >= 0.6 is 0 Å². The van der Waals surface area contributed by atoms with Gasteiger partial charge in [0.25, 0.3) is 0 Å². The average Bonchev–Trinajstić information content (AvgIpc) is 2.64. The first-order valence-corrected chi connectivity index (χ1v) is 9.81. The van der Waals surface area contributed by atoms with E-state index in [1.54, 1.807) is 0 Å². The topological polar surface area (TPSA) is 9.23 Å². The largest absolute Gasteiger partial charge is 0.573 e. The van der Waals surface area contributed by atoms with E-state index in [2.05, 4.69) is 4.74 Å². The maximum Gasteiger partial charge on any atom is 0.573 e. The van der Waals surface area contributed by atoms with Crippen molar-refractivity contribution >= 4 is 0 Å². The number of hydrogen-bond donors (Lipinski definition) is 0. The molecule has 1 atom stereocenters. The normalized spacial score (nSPS) is 16.5. The van der Waals surface area contributed by atoms with Gasteiger partial charge in [-0.1, -0.05) is 13.3 Å². The van der Waals surface area contributed by atoms with E-state index >= 15 is 0 Å². The molecule has 0 spiro atoms. The molecule has 0 heterocycles. The summed E-state index contributed by atoms with van der Waals surface area (Å²) in [5, 5.41) is 0. The van der Waals surface area contributed by atoms with Gasteiger partial charge in [0.05, 0.1) is 0 Å². The van der Waals surface area contributed by atoms with E-state index in [0.29, 0.717) is 24.8 Å². The van der Waals surface area contributed by atoms with Crippen LogP contribution in [0.5, 0.6) is 5.75 Å². The maximum atomic E-state index is 14.4. The van der Waals surface area contributed by atoms with Crippen LogP contribution in [0.1, 0.15) is 48.4 Å². The fourth-order valence-electron chi connectivity index (χ4n) is 4.03. The summed E-state index contributed by atoms with van der Waals surface area (Å²) in [5.41, 5.74) is 0.820. The van der Waals surface area contributed by atoms with Gasteiger partial charge >= 0.3 is 6.36 Å². The summed E-state index contributed by atoms with van der Waals surface area (Å²) < 4.78 is 97.5. The smallest absolute Gasteiger partial charge is 0.399 e. The quantitative estimate of drug-likeness (QED) is 0.453. The molecule has 0 aromatic heterocycles. The minimum Gasteiger partial charge on any atom is -0.399 e. The molecule has 0 N–H and O–H groups in total. The van der Waals surface area contributed by atoms with Gasteiger partial charge in [-0.2, -0.15) is 0 Å². The Morgan fingerprint density at radius 2 is 1.63 bits per heavy atom. The summed E-state index contributed by atoms with van der Waals surface area (Å²) in [6.45, 7) is 1.91. The Balaban J connectivity index is 1.72. The highest BCUT2D eigenvalue weighted by atomic mass is 19.4. The summed E-state index contributed by atoms with van der Waals surface area (Å²) in [5.74, 6) is -5.53. The number of aryl methyl sites for hydroxylation is 1. The zero-order chi connectivity index (χ0) is 22.1. The van der Waals surface area contributed by atoms with Crippen molar-refractivity contribution in [3.63, 3.8) is 0 Å². The second-order valence-corrected chi connectivity index (χ2v) is 7.62. The SMILES string of the molecule is CCCc1cc(F)c(CCC2CCc3c(cc(F)c(OC(F)(F)F)c3F)C2)c(F)c1. The Bertz CT molecular complexity index is 898. The second kappa shape index (κ2) is 8.86. The van der Waals surface area contributed by atoms with Gasteiger partial charge in [0.2, 0.25) is 5.75 Å². The molecule has 2 aromatic carbocycles. The molecule has 0 saturated heterocycles. The van der Waals surface area contributed by atoms with Crippen LogP contribution < -0.4 is 4.74 Å². The van der Waals surface area contributed by atoms with Gasteiger partial charge in [-0.25, -0.2) is 17.6 Å². The van der Waals surface area contributed by atoms with E-state index in [4.69, 9.17) is 0 Å². The van der Waals surface area contributed by atoms with Crippen molar-refractivity contribution in [3.8, 4) is 5.75 Å². The van der Waals surface area contributed by atoms with E-state index < -0.39 is 35.4 Å². The number of ether oxygens (including phenoxy) is 1. The van der Waals surface area contributed by atoms with Crippen LogP contribution in [0.3, 0.4) is 0 Å². The third-order valence-corrected chi connectivity index (χ3v) is 5.44. The van der Waals surface area contributed by atoms with Crippen molar-refractivity contribution in [2.24, 2.45) is 5.92 Å². The van der Waals surface area contributed by atoms with Crippen LogP contribution in [0.15, 0.2) is 18.2 Å². The first-order chi connectivity index (χ1) is 14.1. The predicted molar refractivity (Wildman–Crippen MR) is 97.2 cm³/mol. The fourth-order valence-corrected chi connectivity index (χ4v) is 4.03. The summed E-state index contributed by atoms with van der Waals surface area (Å²) >= 11 is 0. The molecule has 0 radical (unpaired) electrons. The van der Waals surface area contributed by atoms with E-state index in [1.807, 2.05) is 6.92 Å². The van der Waals surface area contributed by atoms with Gasteiger partial charge in [0.1, 0.15) is 11.6 Å². The Hall–Kier alpha value is -2.25. The zero-order valence-electron chi connectivity index (χ0n) is 16.3. The lowest BCUT2D eigenvalue weighted by Gasteiger charge is -2.26. The number of fused-ring (bicyclic) bond motifs is 1. The van der Waals surface area contributed by atoms with Crippen LogP contribution in [0.4, 0.5) is 30.7 Å². The Morgan fingerprint density at radius 3 is 2.23 bits per heavy atom. The van der Waals surface area contributed by atoms with Gasteiger partial charge in [-0.3, -0.25) is 0 Å². The molecule has 30 heavy (non-hydrogen) atoms. The van der Waals surface area contributed by atoms with E-state index in [9.17, 15) is 30.7 Å². The molecule has 0 bridgehead atoms. The lowest BCUT2D eigenvalue weighted by molar-refractivity contribution is -0.276. The molecule has 164 valence electrons. The monoisotopic (exact) mass is 434 g/mol. The van der Waals surface area contributed by atoms with Crippen molar-refractivity contribution in [2.75, 3.05) is 0 Å². The highest BCUT2D eigenvalue weighted by molar-refractivity contribution is 5.41. The van der Waals surface area contributed by atoms with Crippen LogP contribution in [0.25, 0.3) is 0 Å². The highest BCUT2D eigenvalue weighted by Crippen LogP contribution is 2.37. The number of halogens is 7. The fraction of sp³-hybridized carbons (Fsp3) is 0.455. The van der Waals surface area contributed by atoms with E-state index in [-0.39, 0.29) is 41.9 Å². The van der Waals surface area contributed by atoms with Crippen molar-refractivity contribution in [3.05, 3.63) is 63.7 Å². The van der Waals surface area contributed by atoms with Gasteiger partial charge in [-0.15, -0.1) is 13.2 Å². The van der Waals surface area contributed by atoms with Crippen molar-refractivity contribution < 1.29 is 35.5 Å². The Morgan fingerprint density at radius 1 is 0.967 bits per heavy atom. The summed E-state index contributed by atoms with van der Waals surface area (Å²) in [4.78, 5) is 0. The Labute approximate surface area is 169 Å². The molecule has 0 aliphatic heterocycles. The van der Waals surface area contributed by atoms with Crippen molar-refractivity contribution in [2.45, 2.75) is 58.2 Å². The molecule has 0 saturated carbocycles. The van der Waals surface area contributed by atoms with Crippen molar-refractivity contribution in [1.82, 2.24) is 0 Å². The molecular weight excluding hydrogens is 413 g/mol. The summed E-state index contributed by atoms with van der Waals surface area (Å²) in [6, 6.07) is 3.50. The van der Waals surface area contributed by atoms with Crippen LogP contribution in [-0.4, -0.2) is 6.36 Å². The molecule has 1 nitrogen and oxygen atoms in total. The third kappa shape index (κ3) is 5.08. The molecule has 8 heteroatoms. The molecule has 2 aromatic rings. The first-order valence-electron chi connectivity index (χ1n) is 9.81. The van der Waals surface area contributed by atoms with E-state index in [0.717, 1.165) is 12.5 Å². The van der Waals surface area contributed by atoms with Gasteiger partial charge in [0, 0.05) is 5.56 Å². The van der Waals surface area contributed by atoms with E-state index in [1.165, 1.54) is 12.1 Å². The molecule has 0 fully saturated rings. The molecule has 1 unspecified atom stereocenters. The molecule has 0 amide bonds. The average molecular weight is 434 g/mol. The first kappa shape index (κ1) is 22.4. The summed E-state index contributed by atoms with van der Waals surface area (Å²) in [6.07, 6.45) is -2.61. The maximum absolute atomic E-state index is 14.4. The number of hydrogen-bond acceptors (Lipinski definition) is 1. The lowest BCUT2D eigenvalue weighted by Crippen LogP contribution is -2.22. The van der Waals surface area contributed by atoms with Gasteiger partial charge in [0.15, 0.2) is 11.6 Å². The minimum atomic E-state index is -5.20. The number of rotatable bonds is 6. The summed E-state index contributed by atoms with van der Waals surface area (Å²) in [7, 11) is 0. The van der Waals surface area contributed by atoms with Crippen LogP contribution in [0.2, 0.25) is 0 Å². The van der Waals surface area contributed by atoms with Crippen LogP contribution in [0, 0.1) is 29.2 Å². The van der Waals surface area contributed by atoms with Crippen LogP contribution in [-0.2, 0) is 25.7 Å². The molecule has 3 rings (SSSR count). The zero-order valence-corrected chi connectivity index (χ0v) is 16.3. The third-order valence-electron chi connectivity index (χ3n) is 5.44. The van der Waals surface area contributed by atoms with Crippen molar-refractivity contribution in [1.29, 1.82) is 0 Å². The van der Waals surface area contributed by atoms with Gasteiger partial charge in [-0.05, 0) is 79.3 Å². The highest BCUT2D eigenvalue weighted by Gasteiger charge is 2.36. The Kier molecular flexibility index (Phi) is 6.62. The molecule has 1 aliphatic carbocycles. The van der Waals surface area contributed by atoms with Gasteiger partial charge < -0.3 is 4.74 Å². The predicted octanol–water partition coefficient (Wildman–Crippen LogP) is 6.83. The molecule has 1 aliphatic rings. The number of benzene rings is 2. The number of alkyl halides is 3. The minimum absolute atomic E-state index is 0.00632. The lowest BCUT2D eigenvalue weighted by atomic mass is 9.80. The molecular formula is C22H21F7O. The standard InChI is InChI=1S/C22H21F7O/c1-2-3-13-9-17(23)16(18(24)10-13)7-5-12-4-6-15-14(8-12)11-19(25)21(20(15)26)30-22(27,28)29/h9-12H,2-8H2,1H3. The second-order valence-electron chi connectivity index (χ2n) is 7.62.